The van der Waals surface area contributed by atoms with Crippen molar-refractivity contribution in [3.05, 3.63) is 71.8 Å². The summed E-state index contributed by atoms with van der Waals surface area (Å²) >= 11 is 6.14. The molecule has 1 aliphatic rings. The Morgan fingerprint density at radius 2 is 1.57 bits per heavy atom. The van der Waals surface area contributed by atoms with E-state index in [0.717, 1.165) is 23.6 Å². The van der Waals surface area contributed by atoms with Crippen LogP contribution < -0.4 is 19.1 Å². The van der Waals surface area contributed by atoms with Gasteiger partial charge in [-0.3, -0.25) is 9.10 Å². The van der Waals surface area contributed by atoms with Gasteiger partial charge >= 0.3 is 0 Å². The Morgan fingerprint density at radius 3 is 2.20 bits per heavy atom. The van der Waals surface area contributed by atoms with E-state index < -0.39 is 32.5 Å². The number of hydrogen-bond donors (Lipinski definition) is 1. The zero-order valence-corrected chi connectivity index (χ0v) is 24.4. The molecule has 0 bridgehead atoms. The summed E-state index contributed by atoms with van der Waals surface area (Å²) < 4.78 is 66.6. The largest absolute Gasteiger partial charge is 0.497 e. The minimum Gasteiger partial charge on any atom is -0.497 e. The van der Waals surface area contributed by atoms with Gasteiger partial charge in [-0.05, 0) is 73.5 Å². The van der Waals surface area contributed by atoms with Gasteiger partial charge in [-0.2, -0.15) is 4.31 Å². The maximum Gasteiger partial charge on any atom is 0.264 e. The Balaban J connectivity index is 1.65. The number of carbonyl (C=O) groups is 1. The molecule has 0 unspecified atom stereocenters. The average Bonchev–Trinajstić information content (AvgIpc) is 2.96. The molecule has 1 N–H and O–H groups in total. The molecule has 3 aromatic rings. The molecule has 1 fully saturated rings. The maximum absolute atomic E-state index is 13.7. The van der Waals surface area contributed by atoms with Crippen LogP contribution in [0.2, 0.25) is 5.02 Å². The Kier molecular flexibility index (Phi) is 9.24. The number of amides is 1. The number of nitrogens with zero attached hydrogens (tertiary/aromatic N) is 2. The zero-order valence-electron chi connectivity index (χ0n) is 22.0. The molecule has 214 valence electrons. The second kappa shape index (κ2) is 12.5. The Bertz CT molecular complexity index is 1570. The van der Waals surface area contributed by atoms with E-state index in [1.165, 1.54) is 73.1 Å². The molecule has 1 amide bonds. The molecule has 0 aliphatic carbocycles. The number of benzene rings is 3. The highest BCUT2D eigenvalue weighted by atomic mass is 35.5. The van der Waals surface area contributed by atoms with E-state index >= 15 is 0 Å². The van der Waals surface area contributed by atoms with Crippen molar-refractivity contribution < 1.29 is 31.1 Å². The fourth-order valence-electron chi connectivity index (χ4n) is 4.34. The number of nitrogens with one attached hydrogen (secondary N) is 1. The molecule has 0 aromatic heterocycles. The first-order valence-corrected chi connectivity index (χ1v) is 15.7. The molecule has 1 heterocycles. The number of sulfonamides is 2. The lowest BCUT2D eigenvalue weighted by molar-refractivity contribution is -0.114. The molecule has 0 spiro atoms. The van der Waals surface area contributed by atoms with Crippen LogP contribution in [0, 0.1) is 0 Å². The fraction of sp³-hybridized carbons (Fsp3) is 0.296. The molecule has 1 saturated heterocycles. The van der Waals surface area contributed by atoms with E-state index in [9.17, 15) is 21.6 Å². The Labute approximate surface area is 239 Å². The highest BCUT2D eigenvalue weighted by molar-refractivity contribution is 7.92. The van der Waals surface area contributed by atoms with Gasteiger partial charge in [0.2, 0.25) is 15.9 Å². The Morgan fingerprint density at radius 1 is 0.900 bits per heavy atom. The number of piperidine rings is 1. The van der Waals surface area contributed by atoms with E-state index in [2.05, 4.69) is 5.32 Å². The quantitative estimate of drug-likeness (QED) is 0.363. The van der Waals surface area contributed by atoms with Crippen LogP contribution in [0.1, 0.15) is 19.3 Å². The van der Waals surface area contributed by atoms with E-state index in [1.807, 2.05) is 0 Å². The van der Waals surface area contributed by atoms with Gasteiger partial charge in [0.25, 0.3) is 10.0 Å². The van der Waals surface area contributed by atoms with Crippen LogP contribution in [-0.4, -0.2) is 60.9 Å². The number of halogens is 1. The van der Waals surface area contributed by atoms with Crippen molar-refractivity contribution in [3.8, 4) is 11.5 Å². The van der Waals surface area contributed by atoms with Crippen LogP contribution in [0.3, 0.4) is 0 Å². The summed E-state index contributed by atoms with van der Waals surface area (Å²) in [6.07, 6.45) is 2.53. The van der Waals surface area contributed by atoms with E-state index in [4.69, 9.17) is 21.1 Å². The van der Waals surface area contributed by atoms with E-state index in [1.54, 1.807) is 12.1 Å². The molecule has 10 nitrogen and oxygen atoms in total. The highest BCUT2D eigenvalue weighted by Crippen LogP contribution is 2.31. The second-order valence-corrected chi connectivity index (χ2v) is 13.3. The smallest absolute Gasteiger partial charge is 0.264 e. The number of rotatable bonds is 10. The van der Waals surface area contributed by atoms with Crippen LogP contribution in [0.15, 0.2) is 76.5 Å². The molecule has 3 aromatic carbocycles. The summed E-state index contributed by atoms with van der Waals surface area (Å²) in [5.74, 6) is -0.0291. The lowest BCUT2D eigenvalue weighted by Crippen LogP contribution is -2.38. The molecule has 0 saturated carbocycles. The maximum atomic E-state index is 13.7. The van der Waals surface area contributed by atoms with Crippen LogP contribution >= 0.6 is 11.6 Å². The van der Waals surface area contributed by atoms with Gasteiger partial charge in [0.05, 0.1) is 35.4 Å². The zero-order chi connectivity index (χ0) is 28.9. The van der Waals surface area contributed by atoms with Crippen molar-refractivity contribution in [2.75, 3.05) is 43.5 Å². The number of ether oxygens (including phenoxy) is 2. The average molecular weight is 608 g/mol. The van der Waals surface area contributed by atoms with Gasteiger partial charge in [-0.1, -0.05) is 24.1 Å². The SMILES string of the molecule is COc1ccc(S(=O)(=O)N(CC(=O)Nc2cc(S(=O)(=O)N3CCCCC3)ccc2OC)c2cccc(Cl)c2)cc1. The van der Waals surface area contributed by atoms with Gasteiger partial charge < -0.3 is 14.8 Å². The van der Waals surface area contributed by atoms with Gasteiger partial charge in [0.1, 0.15) is 18.0 Å². The molecule has 1 aliphatic heterocycles. The summed E-state index contributed by atoms with van der Waals surface area (Å²) in [6.45, 7) is 0.225. The van der Waals surface area contributed by atoms with Gasteiger partial charge in [0, 0.05) is 18.1 Å². The van der Waals surface area contributed by atoms with Gasteiger partial charge in [-0.15, -0.1) is 0 Å². The minimum absolute atomic E-state index is 0.00283. The number of methoxy groups -OCH3 is 2. The first-order valence-electron chi connectivity index (χ1n) is 12.5. The van der Waals surface area contributed by atoms with Crippen molar-refractivity contribution in [1.29, 1.82) is 0 Å². The minimum atomic E-state index is -4.22. The summed E-state index contributed by atoms with van der Waals surface area (Å²) in [5, 5.41) is 2.91. The predicted octanol–water partition coefficient (Wildman–Crippen LogP) is 4.37. The molecule has 40 heavy (non-hydrogen) atoms. The van der Waals surface area contributed by atoms with Crippen LogP contribution in [0.4, 0.5) is 11.4 Å². The molecule has 0 radical (unpaired) electrons. The normalized spacial score (nSPS) is 14.4. The lowest BCUT2D eigenvalue weighted by atomic mass is 10.2. The summed E-state index contributed by atoms with van der Waals surface area (Å²) in [7, 11) is -5.16. The topological polar surface area (TPSA) is 122 Å². The van der Waals surface area contributed by atoms with E-state index in [0.29, 0.717) is 18.8 Å². The molecule has 0 atom stereocenters. The summed E-state index contributed by atoms with van der Waals surface area (Å²) in [6, 6.07) is 16.1. The standard InChI is InChI=1S/C27H30ClN3O7S2/c1-37-22-9-11-23(12-10-22)40(35,36)31(21-8-6-7-20(28)17-21)19-27(32)29-25-18-24(13-14-26(25)38-2)39(33,34)30-15-4-3-5-16-30/h6-14,17-18H,3-5,15-16,19H2,1-2H3,(H,29,32). The van der Waals surface area contributed by atoms with Crippen molar-refractivity contribution in [2.24, 2.45) is 0 Å². The van der Waals surface area contributed by atoms with Crippen molar-refractivity contribution in [1.82, 2.24) is 4.31 Å². The third-order valence-electron chi connectivity index (χ3n) is 6.43. The van der Waals surface area contributed by atoms with Crippen molar-refractivity contribution in [2.45, 2.75) is 29.1 Å². The monoisotopic (exact) mass is 607 g/mol. The van der Waals surface area contributed by atoms with E-state index in [-0.39, 0.29) is 31.9 Å². The molecular formula is C27H30ClN3O7S2. The first kappa shape index (κ1) is 29.7. The van der Waals surface area contributed by atoms with Crippen LogP contribution in [0.5, 0.6) is 11.5 Å². The Hall–Kier alpha value is -3.32. The second-order valence-electron chi connectivity index (χ2n) is 9.04. The van der Waals surface area contributed by atoms with Gasteiger partial charge in [0.15, 0.2) is 0 Å². The molecule has 4 rings (SSSR count). The highest BCUT2D eigenvalue weighted by Gasteiger charge is 2.29. The fourth-order valence-corrected chi connectivity index (χ4v) is 7.48. The van der Waals surface area contributed by atoms with Gasteiger partial charge in [-0.25, -0.2) is 16.8 Å². The summed E-state index contributed by atoms with van der Waals surface area (Å²) in [4.78, 5) is 13.2. The summed E-state index contributed by atoms with van der Waals surface area (Å²) in [5.41, 5.74) is 0.269. The third-order valence-corrected chi connectivity index (χ3v) is 10.3. The van der Waals surface area contributed by atoms with Crippen molar-refractivity contribution in [3.63, 3.8) is 0 Å². The number of carbonyl (C=O) groups excluding carboxylic acids is 1. The lowest BCUT2D eigenvalue weighted by Gasteiger charge is -2.26. The van der Waals surface area contributed by atoms with Crippen molar-refractivity contribution >= 4 is 48.9 Å². The molecular weight excluding hydrogens is 578 g/mol. The predicted molar refractivity (Wildman–Crippen MR) is 153 cm³/mol. The third kappa shape index (κ3) is 6.52. The number of anilines is 2. The van der Waals surface area contributed by atoms with Crippen LogP contribution in [-0.2, 0) is 24.8 Å². The number of hydrogen-bond acceptors (Lipinski definition) is 7. The molecule has 13 heteroatoms. The first-order chi connectivity index (χ1) is 19.1. The van der Waals surface area contributed by atoms with Crippen LogP contribution in [0.25, 0.3) is 0 Å².